The summed E-state index contributed by atoms with van der Waals surface area (Å²) in [5.74, 6) is 1.25. The van der Waals surface area contributed by atoms with Gasteiger partial charge in [0.25, 0.3) is 0 Å². The SMILES string of the molecule is CC(NCC1CCCN(S(C)(=O)=O)C1)c1nncn1C. The Kier molecular flexibility index (Phi) is 4.77. The first kappa shape index (κ1) is 15.4. The van der Waals surface area contributed by atoms with Crippen LogP contribution in [0.25, 0.3) is 0 Å². The Labute approximate surface area is 120 Å². The van der Waals surface area contributed by atoms with E-state index in [0.717, 1.165) is 25.2 Å². The minimum atomic E-state index is -3.07. The number of aromatic nitrogens is 3. The highest BCUT2D eigenvalue weighted by atomic mass is 32.2. The lowest BCUT2D eigenvalue weighted by Crippen LogP contribution is -2.42. The number of sulfonamides is 1. The number of aryl methyl sites for hydroxylation is 1. The van der Waals surface area contributed by atoms with E-state index in [1.807, 2.05) is 18.5 Å². The second kappa shape index (κ2) is 6.19. The highest BCUT2D eigenvalue weighted by Crippen LogP contribution is 2.19. The predicted octanol–water partition coefficient (Wildman–Crippen LogP) is 0.137. The van der Waals surface area contributed by atoms with Gasteiger partial charge in [-0.3, -0.25) is 0 Å². The molecule has 1 aliphatic heterocycles. The summed E-state index contributed by atoms with van der Waals surface area (Å²) in [7, 11) is -1.15. The van der Waals surface area contributed by atoms with Gasteiger partial charge >= 0.3 is 0 Å². The molecule has 2 heterocycles. The fourth-order valence-electron chi connectivity index (χ4n) is 2.61. The largest absolute Gasteiger partial charge is 0.319 e. The average Bonchev–Trinajstić information content (AvgIpc) is 2.82. The normalized spacial score (nSPS) is 22.9. The van der Waals surface area contributed by atoms with Crippen LogP contribution >= 0.6 is 0 Å². The maximum atomic E-state index is 11.6. The van der Waals surface area contributed by atoms with Crippen molar-refractivity contribution in [1.29, 1.82) is 0 Å². The smallest absolute Gasteiger partial charge is 0.211 e. The van der Waals surface area contributed by atoms with Gasteiger partial charge in [-0.05, 0) is 32.2 Å². The summed E-state index contributed by atoms with van der Waals surface area (Å²) in [6.45, 7) is 4.09. The number of hydrogen-bond donors (Lipinski definition) is 1. The summed E-state index contributed by atoms with van der Waals surface area (Å²) in [5, 5.41) is 11.4. The summed E-state index contributed by atoms with van der Waals surface area (Å²) in [5.41, 5.74) is 0. The molecule has 1 fully saturated rings. The zero-order valence-corrected chi connectivity index (χ0v) is 13.1. The molecule has 0 saturated carbocycles. The van der Waals surface area contributed by atoms with E-state index in [-0.39, 0.29) is 6.04 Å². The summed E-state index contributed by atoms with van der Waals surface area (Å²) < 4.78 is 26.6. The minimum absolute atomic E-state index is 0.108. The first-order chi connectivity index (χ1) is 9.38. The lowest BCUT2D eigenvalue weighted by Gasteiger charge is -2.31. The highest BCUT2D eigenvalue weighted by Gasteiger charge is 2.26. The van der Waals surface area contributed by atoms with Crippen molar-refractivity contribution in [3.05, 3.63) is 12.2 Å². The van der Waals surface area contributed by atoms with Gasteiger partial charge in [0.15, 0.2) is 0 Å². The fraction of sp³-hybridized carbons (Fsp3) is 0.833. The fourth-order valence-corrected chi connectivity index (χ4v) is 3.56. The molecule has 0 spiro atoms. The van der Waals surface area contributed by atoms with Gasteiger partial charge in [0, 0.05) is 20.1 Å². The van der Waals surface area contributed by atoms with Crippen LogP contribution in [0.5, 0.6) is 0 Å². The molecular formula is C12H23N5O2S. The van der Waals surface area contributed by atoms with Gasteiger partial charge in [-0.25, -0.2) is 12.7 Å². The summed E-state index contributed by atoms with van der Waals surface area (Å²) in [6.07, 6.45) is 4.95. The lowest BCUT2D eigenvalue weighted by molar-refractivity contribution is 0.255. The van der Waals surface area contributed by atoms with Gasteiger partial charge in [0.05, 0.1) is 12.3 Å². The molecule has 1 aromatic heterocycles. The summed E-state index contributed by atoms with van der Waals surface area (Å²) in [4.78, 5) is 0. The Bertz CT molecular complexity index is 542. The van der Waals surface area contributed by atoms with Gasteiger partial charge in [-0.1, -0.05) is 0 Å². The molecule has 2 unspecified atom stereocenters. The predicted molar refractivity (Wildman–Crippen MR) is 76.6 cm³/mol. The zero-order valence-electron chi connectivity index (χ0n) is 12.3. The first-order valence-electron chi connectivity index (χ1n) is 6.90. The van der Waals surface area contributed by atoms with Crippen molar-refractivity contribution >= 4 is 10.0 Å². The molecule has 114 valence electrons. The van der Waals surface area contributed by atoms with Crippen LogP contribution in [0.4, 0.5) is 0 Å². The number of hydrogen-bond acceptors (Lipinski definition) is 5. The maximum absolute atomic E-state index is 11.6. The van der Waals surface area contributed by atoms with Crippen LogP contribution in [-0.2, 0) is 17.1 Å². The summed E-state index contributed by atoms with van der Waals surface area (Å²) in [6, 6.07) is 0.108. The second-order valence-electron chi connectivity index (χ2n) is 5.56. The van der Waals surface area contributed by atoms with Crippen LogP contribution in [0.15, 0.2) is 6.33 Å². The van der Waals surface area contributed by atoms with Gasteiger partial charge < -0.3 is 9.88 Å². The number of rotatable bonds is 5. The molecule has 1 aliphatic rings. The molecule has 0 amide bonds. The van der Waals surface area contributed by atoms with E-state index in [0.29, 0.717) is 19.0 Å². The highest BCUT2D eigenvalue weighted by molar-refractivity contribution is 7.88. The molecule has 0 aliphatic carbocycles. The molecule has 0 bridgehead atoms. The van der Waals surface area contributed by atoms with Crippen molar-refractivity contribution in [1.82, 2.24) is 24.4 Å². The number of nitrogens with one attached hydrogen (secondary N) is 1. The topological polar surface area (TPSA) is 80.1 Å². The van der Waals surface area contributed by atoms with E-state index in [2.05, 4.69) is 15.5 Å². The Morgan fingerprint density at radius 3 is 2.90 bits per heavy atom. The maximum Gasteiger partial charge on any atom is 0.211 e. The third-order valence-electron chi connectivity index (χ3n) is 3.80. The molecular weight excluding hydrogens is 278 g/mol. The third kappa shape index (κ3) is 3.77. The number of nitrogens with zero attached hydrogens (tertiary/aromatic N) is 4. The molecule has 8 heteroatoms. The average molecular weight is 301 g/mol. The van der Waals surface area contributed by atoms with E-state index in [1.54, 1.807) is 10.6 Å². The van der Waals surface area contributed by atoms with Crippen molar-refractivity contribution in [2.45, 2.75) is 25.8 Å². The molecule has 7 nitrogen and oxygen atoms in total. The molecule has 1 saturated heterocycles. The zero-order chi connectivity index (χ0) is 14.8. The van der Waals surface area contributed by atoms with Crippen molar-refractivity contribution in [3.8, 4) is 0 Å². The van der Waals surface area contributed by atoms with Crippen molar-refractivity contribution in [3.63, 3.8) is 0 Å². The van der Waals surface area contributed by atoms with Crippen LogP contribution in [0.1, 0.15) is 31.6 Å². The molecule has 1 aromatic rings. The first-order valence-corrected chi connectivity index (χ1v) is 8.75. The Morgan fingerprint density at radius 1 is 1.55 bits per heavy atom. The van der Waals surface area contributed by atoms with E-state index in [1.165, 1.54) is 6.26 Å². The van der Waals surface area contributed by atoms with Gasteiger partial charge in [0.2, 0.25) is 10.0 Å². The Hall–Kier alpha value is -0.990. The van der Waals surface area contributed by atoms with E-state index in [4.69, 9.17) is 0 Å². The molecule has 0 aromatic carbocycles. The monoisotopic (exact) mass is 301 g/mol. The van der Waals surface area contributed by atoms with Crippen LogP contribution in [0.2, 0.25) is 0 Å². The summed E-state index contributed by atoms with van der Waals surface area (Å²) >= 11 is 0. The second-order valence-corrected chi connectivity index (χ2v) is 7.54. The van der Waals surface area contributed by atoms with Crippen LogP contribution in [0, 0.1) is 5.92 Å². The van der Waals surface area contributed by atoms with E-state index < -0.39 is 10.0 Å². The minimum Gasteiger partial charge on any atom is -0.319 e. The van der Waals surface area contributed by atoms with Crippen molar-refractivity contribution in [2.24, 2.45) is 13.0 Å². The molecule has 2 atom stereocenters. The van der Waals surface area contributed by atoms with Gasteiger partial charge in [-0.2, -0.15) is 0 Å². The standard InChI is InChI=1S/C12H23N5O2S/c1-10(12-15-14-9-16(12)2)13-7-11-5-4-6-17(8-11)20(3,18)19/h9-11,13H,4-8H2,1-3H3. The molecule has 20 heavy (non-hydrogen) atoms. The van der Waals surface area contributed by atoms with Crippen LogP contribution in [-0.4, -0.2) is 53.4 Å². The van der Waals surface area contributed by atoms with E-state index in [9.17, 15) is 8.42 Å². The van der Waals surface area contributed by atoms with Crippen molar-refractivity contribution < 1.29 is 8.42 Å². The Balaban J connectivity index is 1.86. The lowest BCUT2D eigenvalue weighted by atomic mass is 9.99. The van der Waals surface area contributed by atoms with Crippen molar-refractivity contribution in [2.75, 3.05) is 25.9 Å². The van der Waals surface area contributed by atoms with E-state index >= 15 is 0 Å². The van der Waals surface area contributed by atoms with Crippen LogP contribution < -0.4 is 5.32 Å². The van der Waals surface area contributed by atoms with Crippen LogP contribution in [0.3, 0.4) is 0 Å². The van der Waals surface area contributed by atoms with Gasteiger partial charge in [0.1, 0.15) is 12.2 Å². The third-order valence-corrected chi connectivity index (χ3v) is 5.07. The molecule has 0 radical (unpaired) electrons. The quantitative estimate of drug-likeness (QED) is 0.836. The number of piperidine rings is 1. The molecule has 1 N–H and O–H groups in total. The van der Waals surface area contributed by atoms with Gasteiger partial charge in [-0.15, -0.1) is 10.2 Å². The Morgan fingerprint density at radius 2 is 2.30 bits per heavy atom. The molecule has 2 rings (SSSR count).